The first-order valence-corrected chi connectivity index (χ1v) is 10.6. The van der Waals surface area contributed by atoms with Gasteiger partial charge in [-0.25, -0.2) is 0 Å². The molecule has 0 aromatic rings. The van der Waals surface area contributed by atoms with Gasteiger partial charge in [-0.1, -0.05) is 13.8 Å². The summed E-state index contributed by atoms with van der Waals surface area (Å²) in [4.78, 5) is 60.0. The number of hydrogen-bond donors (Lipinski definition) is 2. The Balaban J connectivity index is 2.39. The SMILES string of the molecule is CC(=O)OC[C@H]1O[C@H](O)[C@@H](NC(C)=C2C(=O)CC(C)(C)CC2=O)[C@@H](OC(C)=O)[C@@H]1OC(C)=O. The van der Waals surface area contributed by atoms with Crippen LogP contribution in [0.1, 0.15) is 54.4 Å². The van der Waals surface area contributed by atoms with Gasteiger partial charge in [-0.15, -0.1) is 0 Å². The van der Waals surface area contributed by atoms with Gasteiger partial charge in [0.05, 0.1) is 5.57 Å². The van der Waals surface area contributed by atoms with E-state index in [-0.39, 0.29) is 42.3 Å². The van der Waals surface area contributed by atoms with Gasteiger partial charge in [-0.3, -0.25) is 24.0 Å². The molecule has 0 spiro atoms. The van der Waals surface area contributed by atoms with Gasteiger partial charge in [0.25, 0.3) is 0 Å². The van der Waals surface area contributed by atoms with E-state index in [9.17, 15) is 29.1 Å². The first-order valence-electron chi connectivity index (χ1n) is 10.6. The van der Waals surface area contributed by atoms with Crippen molar-refractivity contribution in [1.82, 2.24) is 5.32 Å². The number of carbonyl (C=O) groups is 5. The molecule has 1 saturated carbocycles. The maximum absolute atomic E-state index is 12.6. The fourth-order valence-corrected chi connectivity index (χ4v) is 4.08. The Labute approximate surface area is 191 Å². The van der Waals surface area contributed by atoms with Crippen molar-refractivity contribution in [2.75, 3.05) is 6.61 Å². The molecule has 0 aromatic carbocycles. The topological polar surface area (TPSA) is 155 Å². The van der Waals surface area contributed by atoms with E-state index in [1.54, 1.807) is 0 Å². The number of Topliss-reactive ketones (excluding diaryl/α,β-unsaturated/α-hetero) is 2. The number of ether oxygens (including phenoxy) is 4. The Kier molecular flexibility index (Phi) is 8.36. The molecule has 0 radical (unpaired) electrons. The summed E-state index contributed by atoms with van der Waals surface area (Å²) in [6.45, 7) is 8.20. The molecule has 2 fully saturated rings. The molecule has 0 unspecified atom stereocenters. The first-order chi connectivity index (χ1) is 15.2. The molecule has 1 aliphatic heterocycles. The molecule has 0 aromatic heterocycles. The van der Waals surface area contributed by atoms with E-state index in [0.717, 1.165) is 13.8 Å². The summed E-state index contributed by atoms with van der Waals surface area (Å²) in [7, 11) is 0. The third-order valence-corrected chi connectivity index (χ3v) is 5.31. The molecule has 0 bridgehead atoms. The summed E-state index contributed by atoms with van der Waals surface area (Å²) in [5.41, 5.74) is -0.324. The van der Waals surface area contributed by atoms with Gasteiger partial charge >= 0.3 is 17.9 Å². The van der Waals surface area contributed by atoms with Gasteiger partial charge in [0, 0.05) is 39.3 Å². The van der Waals surface area contributed by atoms with Crippen molar-refractivity contribution in [3.63, 3.8) is 0 Å². The molecule has 1 aliphatic carbocycles. The van der Waals surface area contributed by atoms with Crippen molar-refractivity contribution in [1.29, 1.82) is 0 Å². The van der Waals surface area contributed by atoms with Crippen LogP contribution in [0.2, 0.25) is 0 Å². The highest BCUT2D eigenvalue weighted by molar-refractivity contribution is 6.22. The monoisotopic (exact) mass is 469 g/mol. The zero-order valence-corrected chi connectivity index (χ0v) is 19.6. The zero-order valence-electron chi connectivity index (χ0n) is 19.6. The number of aliphatic hydroxyl groups is 1. The second-order valence-corrected chi connectivity index (χ2v) is 9.05. The fraction of sp³-hybridized carbons (Fsp3) is 0.682. The van der Waals surface area contributed by atoms with Crippen LogP contribution >= 0.6 is 0 Å². The molecule has 2 N–H and O–H groups in total. The number of hydrogen-bond acceptors (Lipinski definition) is 11. The lowest BCUT2D eigenvalue weighted by atomic mass is 9.73. The van der Waals surface area contributed by atoms with E-state index < -0.39 is 54.0 Å². The Morgan fingerprint density at radius 3 is 1.97 bits per heavy atom. The molecule has 2 aliphatic rings. The number of carbonyl (C=O) groups excluding carboxylic acids is 5. The summed E-state index contributed by atoms with van der Waals surface area (Å²) < 4.78 is 21.1. The molecule has 11 nitrogen and oxygen atoms in total. The van der Waals surface area contributed by atoms with Gasteiger partial charge in [0.15, 0.2) is 30.1 Å². The van der Waals surface area contributed by atoms with E-state index in [2.05, 4.69) is 5.32 Å². The van der Waals surface area contributed by atoms with Crippen LogP contribution in [0.15, 0.2) is 11.3 Å². The summed E-state index contributed by atoms with van der Waals surface area (Å²) in [6.07, 6.45) is -4.95. The van der Waals surface area contributed by atoms with Gasteiger partial charge in [-0.2, -0.15) is 0 Å². The molecule has 5 atom stereocenters. The third-order valence-electron chi connectivity index (χ3n) is 5.31. The normalized spacial score (nSPS) is 29.2. The lowest BCUT2D eigenvalue weighted by molar-refractivity contribution is -0.264. The number of allylic oxidation sites excluding steroid dienone is 2. The molecule has 0 amide bonds. The second kappa shape index (κ2) is 10.4. The predicted molar refractivity (Wildman–Crippen MR) is 111 cm³/mol. The maximum atomic E-state index is 12.6. The summed E-state index contributed by atoms with van der Waals surface area (Å²) >= 11 is 0. The summed E-state index contributed by atoms with van der Waals surface area (Å²) in [6, 6.07) is -1.20. The lowest BCUT2D eigenvalue weighted by Crippen LogP contribution is -2.65. The van der Waals surface area contributed by atoms with Crippen LogP contribution in [-0.2, 0) is 42.9 Å². The number of aliphatic hydroxyl groups excluding tert-OH is 1. The van der Waals surface area contributed by atoms with Crippen molar-refractivity contribution >= 4 is 29.5 Å². The molecule has 2 rings (SSSR count). The minimum absolute atomic E-state index is 0.0332. The average Bonchev–Trinajstić information content (AvgIpc) is 2.62. The van der Waals surface area contributed by atoms with Crippen molar-refractivity contribution < 1.29 is 48.0 Å². The predicted octanol–water partition coefficient (Wildman–Crippen LogP) is 0.321. The maximum Gasteiger partial charge on any atom is 0.303 e. The van der Waals surface area contributed by atoms with Crippen molar-refractivity contribution in [3.8, 4) is 0 Å². The van der Waals surface area contributed by atoms with Crippen LogP contribution in [0.3, 0.4) is 0 Å². The van der Waals surface area contributed by atoms with Crippen molar-refractivity contribution in [2.45, 2.75) is 85.0 Å². The molecule has 1 heterocycles. The van der Waals surface area contributed by atoms with Gasteiger partial charge in [0.1, 0.15) is 18.8 Å². The van der Waals surface area contributed by atoms with E-state index >= 15 is 0 Å². The number of esters is 3. The van der Waals surface area contributed by atoms with Crippen LogP contribution in [0, 0.1) is 5.41 Å². The van der Waals surface area contributed by atoms with Crippen molar-refractivity contribution in [2.24, 2.45) is 5.41 Å². The van der Waals surface area contributed by atoms with Crippen LogP contribution in [0.5, 0.6) is 0 Å². The second-order valence-electron chi connectivity index (χ2n) is 9.05. The standard InChI is InChI=1S/C22H31NO10/c1-10(17-14(27)7-22(5,6)8-15(17)28)23-18-20(32-13(4)26)19(31-12(3)25)16(33-21(18)29)9-30-11(2)24/h16,18-21,23,29H,7-9H2,1-6H3/t16-,18+,19-,20-,21+/m1/s1. The smallest absolute Gasteiger partial charge is 0.303 e. The van der Waals surface area contributed by atoms with E-state index in [1.165, 1.54) is 13.8 Å². The van der Waals surface area contributed by atoms with E-state index in [0.29, 0.717) is 0 Å². The molecule has 11 heteroatoms. The Hall–Kier alpha value is -2.79. The minimum Gasteiger partial charge on any atom is -0.463 e. The minimum atomic E-state index is -1.62. The summed E-state index contributed by atoms with van der Waals surface area (Å²) in [5, 5.41) is 13.5. The highest BCUT2D eigenvalue weighted by Gasteiger charge is 2.50. The summed E-state index contributed by atoms with van der Waals surface area (Å²) in [5.74, 6) is -2.78. The van der Waals surface area contributed by atoms with E-state index in [4.69, 9.17) is 18.9 Å². The third kappa shape index (κ3) is 6.84. The molecular formula is C22H31NO10. The Morgan fingerprint density at radius 1 is 0.970 bits per heavy atom. The van der Waals surface area contributed by atoms with Gasteiger partial charge in [0.2, 0.25) is 0 Å². The van der Waals surface area contributed by atoms with Crippen molar-refractivity contribution in [3.05, 3.63) is 11.3 Å². The fourth-order valence-electron chi connectivity index (χ4n) is 4.08. The quantitative estimate of drug-likeness (QED) is 0.239. The van der Waals surface area contributed by atoms with Gasteiger partial charge < -0.3 is 29.4 Å². The number of rotatable bonds is 6. The zero-order chi connectivity index (χ0) is 25.1. The highest BCUT2D eigenvalue weighted by atomic mass is 16.7. The number of nitrogens with one attached hydrogen (secondary N) is 1. The van der Waals surface area contributed by atoms with Crippen LogP contribution in [0.4, 0.5) is 0 Å². The van der Waals surface area contributed by atoms with Gasteiger partial charge in [-0.05, 0) is 12.3 Å². The molecular weight excluding hydrogens is 438 g/mol. The molecule has 184 valence electrons. The Bertz CT molecular complexity index is 839. The Morgan fingerprint density at radius 2 is 1.48 bits per heavy atom. The van der Waals surface area contributed by atoms with E-state index in [1.807, 2.05) is 13.8 Å². The first kappa shape index (κ1) is 26.5. The highest BCUT2D eigenvalue weighted by Crippen LogP contribution is 2.35. The number of ketones is 2. The van der Waals surface area contributed by atoms with Crippen LogP contribution in [0.25, 0.3) is 0 Å². The average molecular weight is 469 g/mol. The van der Waals surface area contributed by atoms with Crippen LogP contribution in [-0.4, -0.2) is 71.8 Å². The largest absolute Gasteiger partial charge is 0.463 e. The molecule has 1 saturated heterocycles. The lowest BCUT2D eigenvalue weighted by Gasteiger charge is -2.44. The van der Waals surface area contributed by atoms with Crippen LogP contribution < -0.4 is 5.32 Å². The molecule has 33 heavy (non-hydrogen) atoms.